The monoisotopic (exact) mass is 386 g/mol. The molecular weight excluding hydrogens is 340 g/mol. The molecule has 4 nitrogen and oxygen atoms in total. The summed E-state index contributed by atoms with van der Waals surface area (Å²) in [4.78, 5) is 0. The lowest BCUT2D eigenvalue weighted by Gasteiger charge is -2.17. The Balaban J connectivity index is 4.58. The summed E-state index contributed by atoms with van der Waals surface area (Å²) in [5.74, 6) is 1.41. The lowest BCUT2D eigenvalue weighted by Crippen LogP contribution is -2.09. The highest BCUT2D eigenvalue weighted by Crippen LogP contribution is 2.20. The Bertz CT molecular complexity index is 328. The number of hydrogen-bond donors (Lipinski definition) is 0. The predicted molar refractivity (Wildman–Crippen MR) is 114 cm³/mol. The molecule has 162 valence electrons. The van der Waals surface area contributed by atoms with Gasteiger partial charge in [0.2, 0.25) is 0 Å². The maximum atomic E-state index is 6.08. The molecule has 0 amide bonds. The molecule has 0 aliphatic heterocycles. The van der Waals surface area contributed by atoms with Crippen LogP contribution in [0.5, 0.6) is 0 Å². The maximum Gasteiger partial charge on any atom is 0.321 e. The lowest BCUT2D eigenvalue weighted by molar-refractivity contribution is -0.0692. The van der Waals surface area contributed by atoms with Crippen LogP contribution in [0, 0.1) is 0 Å². The van der Waals surface area contributed by atoms with E-state index in [2.05, 4.69) is 20.8 Å². The van der Waals surface area contributed by atoms with Gasteiger partial charge in [0.05, 0.1) is 13.2 Å². The first-order valence-corrected chi connectivity index (χ1v) is 11.4. The van der Waals surface area contributed by atoms with Crippen LogP contribution in [0.25, 0.3) is 0 Å². The SMILES string of the molecule is CCCCCCCCCC(OCCCCC)=C(OCCCCC)OCOC. The number of unbranched alkanes of at least 4 members (excludes halogenated alkanes) is 10. The topological polar surface area (TPSA) is 36.9 Å². The summed E-state index contributed by atoms with van der Waals surface area (Å²) < 4.78 is 22.8. The molecule has 27 heavy (non-hydrogen) atoms. The average molecular weight is 387 g/mol. The van der Waals surface area contributed by atoms with Crippen LogP contribution in [-0.4, -0.2) is 27.1 Å². The van der Waals surface area contributed by atoms with Crippen LogP contribution < -0.4 is 0 Å². The van der Waals surface area contributed by atoms with Gasteiger partial charge in [-0.25, -0.2) is 0 Å². The highest BCUT2D eigenvalue weighted by atomic mass is 16.7. The molecule has 0 unspecified atom stereocenters. The summed E-state index contributed by atoms with van der Waals surface area (Å²) in [7, 11) is 1.63. The van der Waals surface area contributed by atoms with Crippen LogP contribution >= 0.6 is 0 Å². The summed E-state index contributed by atoms with van der Waals surface area (Å²) in [5.41, 5.74) is 0. The molecule has 4 heteroatoms. The van der Waals surface area contributed by atoms with Crippen LogP contribution in [0.1, 0.15) is 111 Å². The second-order valence-corrected chi connectivity index (χ2v) is 7.24. The molecule has 0 bridgehead atoms. The van der Waals surface area contributed by atoms with Crippen molar-refractivity contribution in [1.29, 1.82) is 0 Å². The van der Waals surface area contributed by atoms with Crippen molar-refractivity contribution in [3.05, 3.63) is 11.7 Å². The molecule has 0 saturated carbocycles. The summed E-state index contributed by atoms with van der Waals surface area (Å²) in [6, 6.07) is 0. The number of rotatable bonds is 21. The Morgan fingerprint density at radius 2 is 1.07 bits per heavy atom. The van der Waals surface area contributed by atoms with Crippen LogP contribution in [0.4, 0.5) is 0 Å². The van der Waals surface area contributed by atoms with Gasteiger partial charge in [-0.05, 0) is 19.3 Å². The molecule has 0 atom stereocenters. The molecule has 0 radical (unpaired) electrons. The number of methoxy groups -OCH3 is 1. The molecule has 0 aromatic rings. The standard InChI is InChI=1S/C23H46O4/c1-5-8-11-12-13-14-15-18-22(25-19-16-9-6-2)23(27-21-24-4)26-20-17-10-7-3/h5-21H2,1-4H3. The van der Waals surface area contributed by atoms with E-state index in [0.29, 0.717) is 12.6 Å². The molecule has 0 aromatic heterocycles. The quantitative estimate of drug-likeness (QED) is 0.117. The Morgan fingerprint density at radius 3 is 1.67 bits per heavy atom. The zero-order chi connectivity index (χ0) is 20.0. The van der Waals surface area contributed by atoms with Gasteiger partial charge in [0.25, 0.3) is 0 Å². The van der Waals surface area contributed by atoms with Crippen molar-refractivity contribution in [3.63, 3.8) is 0 Å². The molecule has 0 aromatic carbocycles. The Kier molecular flexibility index (Phi) is 20.7. The van der Waals surface area contributed by atoms with Crippen LogP contribution in [-0.2, 0) is 18.9 Å². The van der Waals surface area contributed by atoms with Crippen LogP contribution in [0.15, 0.2) is 11.7 Å². The Hall–Kier alpha value is -0.900. The van der Waals surface area contributed by atoms with Crippen molar-refractivity contribution in [2.45, 2.75) is 111 Å². The van der Waals surface area contributed by atoms with Crippen molar-refractivity contribution < 1.29 is 18.9 Å². The zero-order valence-corrected chi connectivity index (χ0v) is 18.7. The molecule has 0 fully saturated rings. The minimum absolute atomic E-state index is 0.196. The van der Waals surface area contributed by atoms with Gasteiger partial charge in [-0.3, -0.25) is 0 Å². The minimum atomic E-state index is 0.196. The maximum absolute atomic E-state index is 6.08. The third-order valence-electron chi connectivity index (χ3n) is 4.55. The summed E-state index contributed by atoms with van der Waals surface area (Å²) >= 11 is 0. The first-order valence-electron chi connectivity index (χ1n) is 11.4. The fourth-order valence-electron chi connectivity index (χ4n) is 2.86. The Morgan fingerprint density at radius 1 is 0.556 bits per heavy atom. The molecular formula is C23H46O4. The average Bonchev–Trinajstić information content (AvgIpc) is 2.68. The van der Waals surface area contributed by atoms with Crippen molar-refractivity contribution >= 4 is 0 Å². The van der Waals surface area contributed by atoms with Gasteiger partial charge < -0.3 is 18.9 Å². The van der Waals surface area contributed by atoms with Gasteiger partial charge in [-0.1, -0.05) is 85.0 Å². The third kappa shape index (κ3) is 17.0. The second-order valence-electron chi connectivity index (χ2n) is 7.24. The number of hydrogen-bond acceptors (Lipinski definition) is 4. The lowest BCUT2D eigenvalue weighted by atomic mass is 10.1. The van der Waals surface area contributed by atoms with Gasteiger partial charge in [0.15, 0.2) is 12.6 Å². The van der Waals surface area contributed by atoms with E-state index in [1.54, 1.807) is 7.11 Å². The molecule has 0 spiro atoms. The number of allylic oxidation sites excluding steroid dienone is 1. The van der Waals surface area contributed by atoms with Crippen molar-refractivity contribution in [3.8, 4) is 0 Å². The van der Waals surface area contributed by atoms with E-state index >= 15 is 0 Å². The highest BCUT2D eigenvalue weighted by Gasteiger charge is 2.13. The summed E-state index contributed by atoms with van der Waals surface area (Å²) in [5, 5.41) is 0. The highest BCUT2D eigenvalue weighted by molar-refractivity contribution is 4.95. The van der Waals surface area contributed by atoms with E-state index in [9.17, 15) is 0 Å². The molecule has 0 heterocycles. The first-order chi connectivity index (χ1) is 13.3. The van der Waals surface area contributed by atoms with E-state index in [1.165, 1.54) is 64.2 Å². The largest absolute Gasteiger partial charge is 0.491 e. The third-order valence-corrected chi connectivity index (χ3v) is 4.55. The summed E-state index contributed by atoms with van der Waals surface area (Å²) in [6.45, 7) is 8.26. The molecule has 0 N–H and O–H groups in total. The van der Waals surface area contributed by atoms with E-state index in [-0.39, 0.29) is 6.79 Å². The van der Waals surface area contributed by atoms with Crippen molar-refractivity contribution in [1.82, 2.24) is 0 Å². The normalized spacial score (nSPS) is 12.0. The minimum Gasteiger partial charge on any atom is -0.491 e. The molecule has 0 rings (SSSR count). The van der Waals surface area contributed by atoms with E-state index in [4.69, 9.17) is 18.9 Å². The van der Waals surface area contributed by atoms with Crippen LogP contribution in [0.3, 0.4) is 0 Å². The zero-order valence-electron chi connectivity index (χ0n) is 18.7. The first kappa shape index (κ1) is 26.1. The van der Waals surface area contributed by atoms with Gasteiger partial charge in [0, 0.05) is 13.5 Å². The number of ether oxygens (including phenoxy) is 4. The fourth-order valence-corrected chi connectivity index (χ4v) is 2.86. The van der Waals surface area contributed by atoms with Gasteiger partial charge >= 0.3 is 5.95 Å². The smallest absolute Gasteiger partial charge is 0.321 e. The van der Waals surface area contributed by atoms with E-state index in [1.807, 2.05) is 0 Å². The molecule has 0 aliphatic carbocycles. The van der Waals surface area contributed by atoms with Crippen molar-refractivity contribution in [2.24, 2.45) is 0 Å². The summed E-state index contributed by atoms with van der Waals surface area (Å²) in [6.07, 6.45) is 16.7. The van der Waals surface area contributed by atoms with Gasteiger partial charge in [-0.2, -0.15) is 0 Å². The predicted octanol–water partition coefficient (Wildman–Crippen LogP) is 7.33. The van der Waals surface area contributed by atoms with Gasteiger partial charge in [-0.15, -0.1) is 0 Å². The second kappa shape index (κ2) is 21.4. The van der Waals surface area contributed by atoms with Crippen molar-refractivity contribution in [2.75, 3.05) is 27.1 Å². The Labute approximate surface area is 169 Å². The molecule has 0 saturated heterocycles. The van der Waals surface area contributed by atoms with Crippen LogP contribution in [0.2, 0.25) is 0 Å². The van der Waals surface area contributed by atoms with E-state index in [0.717, 1.165) is 38.0 Å². The van der Waals surface area contributed by atoms with E-state index < -0.39 is 0 Å². The molecule has 0 aliphatic rings. The fraction of sp³-hybridized carbons (Fsp3) is 0.913. The van der Waals surface area contributed by atoms with Gasteiger partial charge in [0.1, 0.15) is 0 Å².